The highest BCUT2D eigenvalue weighted by Crippen LogP contribution is 2.17. The molecule has 30 heavy (non-hydrogen) atoms. The predicted molar refractivity (Wildman–Crippen MR) is 132 cm³/mol. The molecule has 7 nitrogen and oxygen atoms in total. The first-order valence-corrected chi connectivity index (χ1v) is 10.5. The van der Waals surface area contributed by atoms with E-state index in [-0.39, 0.29) is 36.2 Å². The smallest absolute Gasteiger partial charge is 0.191 e. The van der Waals surface area contributed by atoms with Crippen molar-refractivity contribution in [1.82, 2.24) is 25.3 Å². The van der Waals surface area contributed by atoms with E-state index in [4.69, 9.17) is 9.73 Å². The Bertz CT molecular complexity index is 798. The van der Waals surface area contributed by atoms with Crippen LogP contribution in [0.2, 0.25) is 0 Å². The summed E-state index contributed by atoms with van der Waals surface area (Å²) in [6, 6.07) is 10.6. The molecule has 166 valence electrons. The molecule has 8 heteroatoms. The highest BCUT2D eigenvalue weighted by molar-refractivity contribution is 14.0. The van der Waals surface area contributed by atoms with Crippen molar-refractivity contribution < 1.29 is 4.74 Å². The second-order valence-electron chi connectivity index (χ2n) is 7.71. The Labute approximate surface area is 197 Å². The summed E-state index contributed by atoms with van der Waals surface area (Å²) in [7, 11) is 1.95. The highest BCUT2D eigenvalue weighted by Gasteiger charge is 2.22. The van der Waals surface area contributed by atoms with Gasteiger partial charge in [0.1, 0.15) is 0 Å². The number of halogens is 1. The first kappa shape index (κ1) is 24.6. The predicted octanol–water partition coefficient (Wildman–Crippen LogP) is 2.90. The number of guanidine groups is 1. The summed E-state index contributed by atoms with van der Waals surface area (Å²) in [4.78, 5) is 7.30. The van der Waals surface area contributed by atoms with Crippen LogP contribution in [0.25, 0.3) is 0 Å². The highest BCUT2D eigenvalue weighted by atomic mass is 127. The van der Waals surface area contributed by atoms with Crippen molar-refractivity contribution in [1.29, 1.82) is 0 Å². The third-order valence-electron chi connectivity index (χ3n) is 5.12. The summed E-state index contributed by atoms with van der Waals surface area (Å²) in [5.74, 6) is 0.817. The van der Waals surface area contributed by atoms with Gasteiger partial charge in [0, 0.05) is 39.4 Å². The monoisotopic (exact) mass is 526 g/mol. The number of ether oxygens (including phenoxy) is 1. The van der Waals surface area contributed by atoms with Gasteiger partial charge in [0.2, 0.25) is 0 Å². The van der Waals surface area contributed by atoms with E-state index in [1.807, 2.05) is 24.0 Å². The molecule has 0 spiro atoms. The maximum Gasteiger partial charge on any atom is 0.191 e. The lowest BCUT2D eigenvalue weighted by molar-refractivity contribution is -0.0705. The number of nitrogens with zero attached hydrogens (tertiary/aromatic N) is 4. The van der Waals surface area contributed by atoms with Gasteiger partial charge >= 0.3 is 0 Å². The summed E-state index contributed by atoms with van der Waals surface area (Å²) in [6.45, 7) is 11.4. The molecule has 1 aliphatic rings. The van der Waals surface area contributed by atoms with Crippen LogP contribution in [0.4, 0.5) is 0 Å². The largest absolute Gasteiger partial charge is 0.373 e. The quantitative estimate of drug-likeness (QED) is 0.330. The van der Waals surface area contributed by atoms with Crippen LogP contribution < -0.4 is 10.6 Å². The Balaban J connectivity index is 0.00000320. The topological polar surface area (TPSA) is 66.7 Å². The molecule has 2 atom stereocenters. The minimum atomic E-state index is 0. The normalized spacial score (nSPS) is 19.9. The standard InChI is InChI=1S/C22H34N6O.HI/c1-5-23-22(25-13-21-10-11-26-27(21)4)24-12-19-8-6-7-9-20(19)16-28-14-17(2)29-18(3)15-28;/h6-11,17-18H,5,12-16H2,1-4H3,(H2,23,24,25);1H. The van der Waals surface area contributed by atoms with Gasteiger partial charge < -0.3 is 15.4 Å². The van der Waals surface area contributed by atoms with Crippen molar-refractivity contribution >= 4 is 29.9 Å². The van der Waals surface area contributed by atoms with Crippen molar-refractivity contribution in [2.24, 2.45) is 12.0 Å². The molecule has 0 aliphatic carbocycles. The van der Waals surface area contributed by atoms with Gasteiger partial charge in [0.25, 0.3) is 0 Å². The number of morpholine rings is 1. The molecular weight excluding hydrogens is 491 g/mol. The minimum absolute atomic E-state index is 0. The second kappa shape index (κ2) is 12.3. The first-order chi connectivity index (χ1) is 14.0. The Kier molecular flexibility index (Phi) is 10.1. The fraction of sp³-hybridized carbons (Fsp3) is 0.545. The zero-order valence-corrected chi connectivity index (χ0v) is 20.8. The first-order valence-electron chi connectivity index (χ1n) is 10.5. The summed E-state index contributed by atoms with van der Waals surface area (Å²) in [5, 5.41) is 10.9. The van der Waals surface area contributed by atoms with E-state index in [0.717, 1.165) is 37.8 Å². The number of aromatic nitrogens is 2. The van der Waals surface area contributed by atoms with Gasteiger partial charge in [-0.25, -0.2) is 4.99 Å². The lowest BCUT2D eigenvalue weighted by Gasteiger charge is -2.35. The second-order valence-corrected chi connectivity index (χ2v) is 7.71. The van der Waals surface area contributed by atoms with Crippen molar-refractivity contribution in [3.05, 3.63) is 53.3 Å². The Morgan fingerprint density at radius 2 is 1.83 bits per heavy atom. The van der Waals surface area contributed by atoms with Crippen molar-refractivity contribution in [3.8, 4) is 0 Å². The molecule has 2 aromatic rings. The van der Waals surface area contributed by atoms with E-state index in [1.54, 1.807) is 0 Å². The molecule has 2 unspecified atom stereocenters. The summed E-state index contributed by atoms with van der Waals surface area (Å²) in [6.07, 6.45) is 2.37. The fourth-order valence-corrected chi connectivity index (χ4v) is 3.78. The molecular formula is C22H35IN6O. The summed E-state index contributed by atoms with van der Waals surface area (Å²) in [5.41, 5.74) is 3.71. The molecule has 1 saturated heterocycles. The third-order valence-corrected chi connectivity index (χ3v) is 5.12. The molecule has 1 aliphatic heterocycles. The molecule has 1 aromatic heterocycles. The van der Waals surface area contributed by atoms with Crippen LogP contribution in [0.5, 0.6) is 0 Å². The van der Waals surface area contributed by atoms with Gasteiger partial charge in [0.05, 0.1) is 31.0 Å². The number of nitrogens with one attached hydrogen (secondary N) is 2. The fourth-order valence-electron chi connectivity index (χ4n) is 3.78. The zero-order chi connectivity index (χ0) is 20.6. The van der Waals surface area contributed by atoms with Gasteiger partial charge in [-0.15, -0.1) is 24.0 Å². The summed E-state index contributed by atoms with van der Waals surface area (Å²) >= 11 is 0. The van der Waals surface area contributed by atoms with Crippen LogP contribution in [0.3, 0.4) is 0 Å². The van der Waals surface area contributed by atoms with E-state index in [0.29, 0.717) is 13.1 Å². The third kappa shape index (κ3) is 7.24. The molecule has 1 aromatic carbocycles. The average molecular weight is 526 g/mol. The molecule has 1 fully saturated rings. The summed E-state index contributed by atoms with van der Waals surface area (Å²) < 4.78 is 7.74. The molecule has 0 saturated carbocycles. The maximum absolute atomic E-state index is 5.87. The minimum Gasteiger partial charge on any atom is -0.373 e. The molecule has 0 amide bonds. The molecule has 2 N–H and O–H groups in total. The van der Waals surface area contributed by atoms with E-state index >= 15 is 0 Å². The molecule has 3 rings (SSSR count). The molecule has 0 bridgehead atoms. The zero-order valence-electron chi connectivity index (χ0n) is 18.5. The van der Waals surface area contributed by atoms with Gasteiger partial charge in [0.15, 0.2) is 5.96 Å². The van der Waals surface area contributed by atoms with Gasteiger partial charge in [-0.3, -0.25) is 9.58 Å². The van der Waals surface area contributed by atoms with Crippen molar-refractivity contribution in [2.75, 3.05) is 19.6 Å². The molecule has 2 heterocycles. The van der Waals surface area contributed by atoms with Crippen LogP contribution in [0.15, 0.2) is 41.5 Å². The van der Waals surface area contributed by atoms with Gasteiger partial charge in [-0.1, -0.05) is 24.3 Å². The Morgan fingerprint density at radius 3 is 2.47 bits per heavy atom. The van der Waals surface area contributed by atoms with E-state index in [2.05, 4.69) is 65.7 Å². The number of aliphatic imine (C=N–C) groups is 1. The van der Waals surface area contributed by atoms with Crippen LogP contribution in [0.1, 0.15) is 37.6 Å². The maximum atomic E-state index is 5.87. The average Bonchev–Trinajstić information content (AvgIpc) is 3.09. The van der Waals surface area contributed by atoms with E-state index in [9.17, 15) is 0 Å². The van der Waals surface area contributed by atoms with Crippen molar-refractivity contribution in [2.45, 2.75) is 52.6 Å². The van der Waals surface area contributed by atoms with Crippen molar-refractivity contribution in [3.63, 3.8) is 0 Å². The SMILES string of the molecule is CCNC(=NCc1ccccc1CN1CC(C)OC(C)C1)NCc1ccnn1C.I. The number of hydrogen-bond acceptors (Lipinski definition) is 4. The lowest BCUT2D eigenvalue weighted by atomic mass is 10.1. The van der Waals surface area contributed by atoms with Crippen LogP contribution in [0, 0.1) is 0 Å². The van der Waals surface area contributed by atoms with E-state index in [1.165, 1.54) is 11.1 Å². The number of hydrogen-bond donors (Lipinski definition) is 2. The van der Waals surface area contributed by atoms with E-state index < -0.39 is 0 Å². The van der Waals surface area contributed by atoms with Crippen LogP contribution in [-0.2, 0) is 31.4 Å². The Hall–Kier alpha value is -1.65. The number of aryl methyl sites for hydroxylation is 1. The van der Waals surface area contributed by atoms with Gasteiger partial charge in [-0.05, 0) is 38.0 Å². The number of rotatable bonds is 7. The Morgan fingerprint density at radius 1 is 1.13 bits per heavy atom. The lowest BCUT2D eigenvalue weighted by Crippen LogP contribution is -2.44. The van der Waals surface area contributed by atoms with Crippen LogP contribution in [-0.4, -0.2) is 52.5 Å². The van der Waals surface area contributed by atoms with Gasteiger partial charge in [-0.2, -0.15) is 5.10 Å². The van der Waals surface area contributed by atoms with Crippen LogP contribution >= 0.6 is 24.0 Å². The molecule has 0 radical (unpaired) electrons. The number of benzene rings is 1.